The Labute approximate surface area is 206 Å². The van der Waals surface area contributed by atoms with Gasteiger partial charge < -0.3 is 20.1 Å². The molecule has 0 aromatic heterocycles. The predicted octanol–water partition coefficient (Wildman–Crippen LogP) is 4.97. The van der Waals surface area contributed by atoms with Gasteiger partial charge in [0, 0.05) is 13.0 Å². The van der Waals surface area contributed by atoms with Gasteiger partial charge in [-0.3, -0.25) is 4.79 Å². The first kappa shape index (κ1) is 27.9. The van der Waals surface area contributed by atoms with Crippen LogP contribution in [-0.2, 0) is 35.2 Å². The molecular formula is C29H44N2O3. The fourth-order valence-electron chi connectivity index (χ4n) is 3.98. The number of esters is 1. The molecule has 0 bridgehead atoms. The summed E-state index contributed by atoms with van der Waals surface area (Å²) in [5.74, 6) is 0.844. The largest absolute Gasteiger partial charge is 0.493 e. The number of benzene rings is 2. The molecule has 2 rings (SSSR count). The number of ether oxygens (including phenoxy) is 2. The second-order valence-corrected chi connectivity index (χ2v) is 10.2. The number of aryl methyl sites for hydroxylation is 3. The molecule has 2 aromatic rings. The van der Waals surface area contributed by atoms with Crippen LogP contribution in [0.3, 0.4) is 0 Å². The van der Waals surface area contributed by atoms with E-state index in [9.17, 15) is 4.79 Å². The van der Waals surface area contributed by atoms with E-state index in [2.05, 4.69) is 55.4 Å². The number of hydrogen-bond acceptors (Lipinski definition) is 5. The molecule has 0 radical (unpaired) electrons. The van der Waals surface area contributed by atoms with E-state index in [1.165, 1.54) is 22.3 Å². The molecule has 0 unspecified atom stereocenters. The molecule has 0 aliphatic heterocycles. The lowest BCUT2D eigenvalue weighted by Gasteiger charge is -2.19. The molecule has 0 atom stereocenters. The Morgan fingerprint density at radius 3 is 2.21 bits per heavy atom. The highest BCUT2D eigenvalue weighted by atomic mass is 16.6. The van der Waals surface area contributed by atoms with Gasteiger partial charge in [0.15, 0.2) is 0 Å². The zero-order valence-electron chi connectivity index (χ0n) is 21.9. The fraction of sp³-hybridized carbons (Fsp3) is 0.552. The standard InChI is InChI=1S/C29H44N2O3/c1-29(2,3)34-28(32)15-14-24-20-23(21-25(22-24)16-17-30)10-8-12-26-11-6-7-13-27(26)33-19-9-18-31(4)5/h6-7,11,13,20-22H,8-10,12,14-19,30H2,1-5H3. The molecule has 0 aliphatic rings. The molecule has 0 spiro atoms. The van der Waals surface area contributed by atoms with E-state index >= 15 is 0 Å². The highest BCUT2D eigenvalue weighted by Gasteiger charge is 2.16. The first-order chi connectivity index (χ1) is 16.2. The zero-order chi connectivity index (χ0) is 25.0. The Balaban J connectivity index is 1.95. The number of nitrogens with zero attached hydrogens (tertiary/aromatic N) is 1. The fourth-order valence-corrected chi connectivity index (χ4v) is 3.98. The molecule has 2 aromatic carbocycles. The van der Waals surface area contributed by atoms with Crippen LogP contribution in [0.5, 0.6) is 5.75 Å². The number of hydrogen-bond donors (Lipinski definition) is 1. The number of carbonyl (C=O) groups is 1. The molecule has 0 saturated carbocycles. The van der Waals surface area contributed by atoms with Gasteiger partial charge >= 0.3 is 5.97 Å². The number of para-hydroxylation sites is 1. The molecule has 34 heavy (non-hydrogen) atoms. The molecule has 2 N–H and O–H groups in total. The van der Waals surface area contributed by atoms with Crippen molar-refractivity contribution >= 4 is 5.97 Å². The van der Waals surface area contributed by atoms with Crippen LogP contribution in [0.2, 0.25) is 0 Å². The van der Waals surface area contributed by atoms with Crippen molar-refractivity contribution in [3.05, 3.63) is 64.7 Å². The molecular weight excluding hydrogens is 424 g/mol. The van der Waals surface area contributed by atoms with Crippen LogP contribution in [0.15, 0.2) is 42.5 Å². The average Bonchev–Trinajstić information content (AvgIpc) is 2.75. The summed E-state index contributed by atoms with van der Waals surface area (Å²) in [4.78, 5) is 14.3. The molecule has 188 valence electrons. The van der Waals surface area contributed by atoms with Gasteiger partial charge in [-0.2, -0.15) is 0 Å². The van der Waals surface area contributed by atoms with E-state index in [-0.39, 0.29) is 5.97 Å². The molecule has 5 nitrogen and oxygen atoms in total. The second-order valence-electron chi connectivity index (χ2n) is 10.2. The van der Waals surface area contributed by atoms with Crippen molar-refractivity contribution < 1.29 is 14.3 Å². The molecule has 0 fully saturated rings. The highest BCUT2D eigenvalue weighted by Crippen LogP contribution is 2.22. The van der Waals surface area contributed by atoms with Crippen molar-refractivity contribution in [3.63, 3.8) is 0 Å². The van der Waals surface area contributed by atoms with Crippen molar-refractivity contribution in [1.82, 2.24) is 4.90 Å². The number of carbonyl (C=O) groups excluding carboxylic acids is 1. The minimum absolute atomic E-state index is 0.152. The third kappa shape index (κ3) is 11.2. The third-order valence-electron chi connectivity index (χ3n) is 5.47. The molecule has 0 saturated heterocycles. The normalized spacial score (nSPS) is 11.6. The van der Waals surface area contributed by atoms with Crippen molar-refractivity contribution in [3.8, 4) is 5.75 Å². The van der Waals surface area contributed by atoms with Crippen LogP contribution in [0.4, 0.5) is 0 Å². The van der Waals surface area contributed by atoms with Gasteiger partial charge in [-0.15, -0.1) is 0 Å². The topological polar surface area (TPSA) is 64.8 Å². The van der Waals surface area contributed by atoms with Gasteiger partial charge in [-0.05, 0) is 108 Å². The van der Waals surface area contributed by atoms with Crippen molar-refractivity contribution in [2.24, 2.45) is 5.73 Å². The lowest BCUT2D eigenvalue weighted by Crippen LogP contribution is -2.24. The maximum atomic E-state index is 12.2. The summed E-state index contributed by atoms with van der Waals surface area (Å²) >= 11 is 0. The van der Waals surface area contributed by atoms with Crippen LogP contribution >= 0.6 is 0 Å². The van der Waals surface area contributed by atoms with Gasteiger partial charge in [-0.1, -0.05) is 36.4 Å². The minimum atomic E-state index is -0.448. The Morgan fingerprint density at radius 2 is 1.56 bits per heavy atom. The first-order valence-electron chi connectivity index (χ1n) is 12.6. The van der Waals surface area contributed by atoms with E-state index in [0.717, 1.165) is 51.0 Å². The smallest absolute Gasteiger partial charge is 0.306 e. The Morgan fingerprint density at radius 1 is 0.912 bits per heavy atom. The maximum Gasteiger partial charge on any atom is 0.306 e. The van der Waals surface area contributed by atoms with Gasteiger partial charge in [0.2, 0.25) is 0 Å². The van der Waals surface area contributed by atoms with Crippen LogP contribution in [0.25, 0.3) is 0 Å². The quantitative estimate of drug-likeness (QED) is 0.313. The summed E-state index contributed by atoms with van der Waals surface area (Å²) in [5, 5.41) is 0. The number of nitrogens with two attached hydrogens (primary N) is 1. The average molecular weight is 469 g/mol. The van der Waals surface area contributed by atoms with Gasteiger partial charge in [0.05, 0.1) is 6.61 Å². The van der Waals surface area contributed by atoms with E-state index in [4.69, 9.17) is 15.2 Å². The summed E-state index contributed by atoms with van der Waals surface area (Å²) in [5.41, 5.74) is 10.3. The van der Waals surface area contributed by atoms with Crippen LogP contribution in [0, 0.1) is 0 Å². The summed E-state index contributed by atoms with van der Waals surface area (Å²) in [6.07, 6.45) is 5.92. The lowest BCUT2D eigenvalue weighted by atomic mass is 9.96. The van der Waals surface area contributed by atoms with Crippen LogP contribution in [0.1, 0.15) is 62.3 Å². The van der Waals surface area contributed by atoms with Gasteiger partial charge in [-0.25, -0.2) is 0 Å². The lowest BCUT2D eigenvalue weighted by molar-refractivity contribution is -0.154. The summed E-state index contributed by atoms with van der Waals surface area (Å²) in [6.45, 7) is 8.08. The van der Waals surface area contributed by atoms with E-state index in [0.29, 0.717) is 19.4 Å². The monoisotopic (exact) mass is 468 g/mol. The van der Waals surface area contributed by atoms with Crippen LogP contribution in [-0.4, -0.2) is 50.3 Å². The summed E-state index contributed by atoms with van der Waals surface area (Å²) in [7, 11) is 4.17. The SMILES string of the molecule is CN(C)CCCOc1ccccc1CCCc1cc(CCN)cc(CCC(=O)OC(C)(C)C)c1. The first-order valence-corrected chi connectivity index (χ1v) is 12.6. The number of rotatable bonds is 14. The van der Waals surface area contributed by atoms with Crippen molar-refractivity contribution in [1.29, 1.82) is 0 Å². The Kier molecular flexibility index (Phi) is 11.6. The van der Waals surface area contributed by atoms with E-state index in [1.807, 2.05) is 26.8 Å². The van der Waals surface area contributed by atoms with Crippen molar-refractivity contribution in [2.45, 2.75) is 71.3 Å². The predicted molar refractivity (Wildman–Crippen MR) is 140 cm³/mol. The van der Waals surface area contributed by atoms with E-state index < -0.39 is 5.60 Å². The second kappa shape index (κ2) is 14.1. The van der Waals surface area contributed by atoms with Gasteiger partial charge in [0.1, 0.15) is 11.4 Å². The third-order valence-corrected chi connectivity index (χ3v) is 5.47. The van der Waals surface area contributed by atoms with E-state index in [1.54, 1.807) is 0 Å². The van der Waals surface area contributed by atoms with Crippen LogP contribution < -0.4 is 10.5 Å². The Bertz CT molecular complexity index is 887. The summed E-state index contributed by atoms with van der Waals surface area (Å²) < 4.78 is 11.5. The Hall–Kier alpha value is -2.37. The molecule has 0 aliphatic carbocycles. The maximum absolute atomic E-state index is 12.2. The summed E-state index contributed by atoms with van der Waals surface area (Å²) in [6, 6.07) is 15.0. The minimum Gasteiger partial charge on any atom is -0.493 e. The molecule has 5 heteroatoms. The molecule has 0 heterocycles. The molecule has 0 amide bonds. The van der Waals surface area contributed by atoms with Crippen molar-refractivity contribution in [2.75, 3.05) is 33.8 Å². The zero-order valence-corrected chi connectivity index (χ0v) is 21.9. The highest BCUT2D eigenvalue weighted by molar-refractivity contribution is 5.70. The van der Waals surface area contributed by atoms with Gasteiger partial charge in [0.25, 0.3) is 0 Å².